The maximum Gasteiger partial charge on any atom is 0.120 e. The van der Waals surface area contributed by atoms with Gasteiger partial charge >= 0.3 is 0 Å². The van der Waals surface area contributed by atoms with Gasteiger partial charge in [0.2, 0.25) is 0 Å². The molecule has 0 atom stereocenters. The smallest absolute Gasteiger partial charge is 0.120 e. The van der Waals surface area contributed by atoms with Crippen LogP contribution in [0.5, 0.6) is 0 Å². The van der Waals surface area contributed by atoms with Crippen molar-refractivity contribution in [3.05, 3.63) is 18.2 Å². The maximum absolute atomic E-state index is 8.57. The van der Waals surface area contributed by atoms with E-state index in [1.165, 1.54) is 17.1 Å². The molecule has 0 aromatic carbocycles. The molecule has 0 saturated heterocycles. The van der Waals surface area contributed by atoms with Crippen molar-refractivity contribution in [3.8, 4) is 0 Å². The first-order valence-electron chi connectivity index (χ1n) is 2.59. The summed E-state index contributed by atoms with van der Waals surface area (Å²) in [6, 6.07) is 0. The van der Waals surface area contributed by atoms with Crippen LogP contribution in [0.2, 0.25) is 0 Å². The number of nitrogens with zero attached hydrogens (tertiary/aromatic N) is 2. The minimum atomic E-state index is -0.129. The van der Waals surface area contributed by atoms with Crippen LogP contribution in [0, 0.1) is 0 Å². The molecular weight excluding hydrogens is 120 g/mol. The van der Waals surface area contributed by atoms with Crippen LogP contribution in [-0.4, -0.2) is 19.8 Å². The third-order valence-electron chi connectivity index (χ3n) is 1.11. The largest absolute Gasteiger partial charge is 0.390 e. The van der Waals surface area contributed by atoms with E-state index < -0.39 is 0 Å². The molecule has 0 amide bonds. The summed E-state index contributed by atoms with van der Waals surface area (Å²) in [5, 5.41) is 17.1. The molecule has 0 spiro atoms. The van der Waals surface area contributed by atoms with Gasteiger partial charge in [-0.25, -0.2) is 4.98 Å². The topological polar surface area (TPSA) is 58.3 Å². The average Bonchev–Trinajstić information content (AvgIpc) is 2.33. The van der Waals surface area contributed by atoms with Gasteiger partial charge in [0.15, 0.2) is 0 Å². The number of rotatable bonds is 2. The highest BCUT2D eigenvalue weighted by Crippen LogP contribution is 1.95. The molecule has 9 heavy (non-hydrogen) atoms. The Balaban J connectivity index is 2.85. The molecule has 1 aromatic heterocycles. The van der Waals surface area contributed by atoms with Crippen molar-refractivity contribution < 1.29 is 10.2 Å². The number of aliphatic hydroxyl groups excluding tert-OH is 2. The van der Waals surface area contributed by atoms with Crippen LogP contribution in [0.25, 0.3) is 0 Å². The van der Waals surface area contributed by atoms with Gasteiger partial charge in [0, 0.05) is 0 Å². The summed E-state index contributed by atoms with van der Waals surface area (Å²) in [5.74, 6) is 0. The summed E-state index contributed by atoms with van der Waals surface area (Å²) in [6.45, 7) is -0.212. The lowest BCUT2D eigenvalue weighted by Gasteiger charge is -1.97. The zero-order valence-electron chi connectivity index (χ0n) is 4.86. The van der Waals surface area contributed by atoms with Crippen molar-refractivity contribution in [2.24, 2.45) is 0 Å². The summed E-state index contributed by atoms with van der Waals surface area (Å²) in [5.41, 5.74) is 0.623. The van der Waals surface area contributed by atoms with Crippen LogP contribution >= 0.6 is 0 Å². The molecule has 1 rings (SSSR count). The predicted molar refractivity (Wildman–Crippen MR) is 30.4 cm³/mol. The molecule has 0 bridgehead atoms. The highest BCUT2D eigenvalue weighted by Gasteiger charge is 1.95. The van der Waals surface area contributed by atoms with Gasteiger partial charge in [0.25, 0.3) is 0 Å². The lowest BCUT2D eigenvalue weighted by Crippen LogP contribution is -1.99. The Labute approximate surface area is 52.4 Å². The first-order valence-corrected chi connectivity index (χ1v) is 2.59. The maximum atomic E-state index is 8.57. The predicted octanol–water partition coefficient (Wildman–Crippen LogP) is -0.675. The molecule has 4 heteroatoms. The molecule has 0 fully saturated rings. The van der Waals surface area contributed by atoms with Gasteiger partial charge in [-0.3, -0.25) is 0 Å². The number of hydrogen-bond acceptors (Lipinski definition) is 3. The van der Waals surface area contributed by atoms with Crippen molar-refractivity contribution >= 4 is 0 Å². The fourth-order valence-corrected chi connectivity index (χ4v) is 0.607. The van der Waals surface area contributed by atoms with Crippen LogP contribution in [-0.2, 0) is 13.3 Å². The molecule has 2 N–H and O–H groups in total. The summed E-state index contributed by atoms with van der Waals surface area (Å²) in [6.07, 6.45) is 2.97. The Morgan fingerprint density at radius 3 is 2.78 bits per heavy atom. The van der Waals surface area contributed by atoms with Gasteiger partial charge in [-0.15, -0.1) is 0 Å². The summed E-state index contributed by atoms with van der Waals surface area (Å²) < 4.78 is 1.46. The van der Waals surface area contributed by atoms with Gasteiger partial charge in [0.05, 0.1) is 24.8 Å². The third-order valence-corrected chi connectivity index (χ3v) is 1.11. The first-order chi connectivity index (χ1) is 4.38. The van der Waals surface area contributed by atoms with Crippen molar-refractivity contribution in [2.45, 2.75) is 13.3 Å². The van der Waals surface area contributed by atoms with E-state index in [2.05, 4.69) is 4.98 Å². The van der Waals surface area contributed by atoms with Crippen molar-refractivity contribution in [1.29, 1.82) is 0 Å². The molecular formula is C5H8N2O2. The van der Waals surface area contributed by atoms with E-state index in [1.54, 1.807) is 0 Å². The van der Waals surface area contributed by atoms with E-state index >= 15 is 0 Å². The summed E-state index contributed by atoms with van der Waals surface area (Å²) in [4.78, 5) is 3.71. The minimum absolute atomic E-state index is 0.0828. The second kappa shape index (κ2) is 2.61. The molecule has 1 heterocycles. The normalized spacial score (nSPS) is 10.0. The van der Waals surface area contributed by atoms with Crippen LogP contribution in [0.15, 0.2) is 12.5 Å². The van der Waals surface area contributed by atoms with Crippen molar-refractivity contribution in [1.82, 2.24) is 9.55 Å². The molecule has 4 nitrogen and oxygen atoms in total. The van der Waals surface area contributed by atoms with Crippen LogP contribution in [0.4, 0.5) is 0 Å². The molecule has 0 aliphatic rings. The van der Waals surface area contributed by atoms with Gasteiger partial charge in [-0.2, -0.15) is 0 Å². The molecule has 0 aliphatic heterocycles. The fourth-order valence-electron chi connectivity index (χ4n) is 0.607. The number of imidazole rings is 1. The van der Waals surface area contributed by atoms with Crippen molar-refractivity contribution in [3.63, 3.8) is 0 Å². The first kappa shape index (κ1) is 6.25. The summed E-state index contributed by atoms with van der Waals surface area (Å²) >= 11 is 0. The second-order valence-electron chi connectivity index (χ2n) is 1.65. The SMILES string of the molecule is OCc1cncn1CO. The lowest BCUT2D eigenvalue weighted by molar-refractivity contribution is 0.192. The molecule has 0 saturated carbocycles. The lowest BCUT2D eigenvalue weighted by atomic mass is 10.5. The van der Waals surface area contributed by atoms with Crippen LogP contribution in [0.1, 0.15) is 5.69 Å². The zero-order valence-corrected chi connectivity index (χ0v) is 4.86. The van der Waals surface area contributed by atoms with Gasteiger partial charge in [-0.1, -0.05) is 0 Å². The zero-order chi connectivity index (χ0) is 6.69. The number of hydrogen-bond donors (Lipinski definition) is 2. The molecule has 0 radical (unpaired) electrons. The Morgan fingerprint density at radius 1 is 1.56 bits per heavy atom. The average molecular weight is 128 g/mol. The highest BCUT2D eigenvalue weighted by molar-refractivity contribution is 4.94. The Morgan fingerprint density at radius 2 is 2.33 bits per heavy atom. The summed E-state index contributed by atoms with van der Waals surface area (Å²) in [7, 11) is 0. The van der Waals surface area contributed by atoms with Crippen LogP contribution in [0.3, 0.4) is 0 Å². The highest BCUT2D eigenvalue weighted by atomic mass is 16.3. The van der Waals surface area contributed by atoms with E-state index in [1.807, 2.05) is 0 Å². The second-order valence-corrected chi connectivity index (χ2v) is 1.65. The van der Waals surface area contributed by atoms with E-state index in [-0.39, 0.29) is 13.3 Å². The van der Waals surface area contributed by atoms with Gasteiger partial charge < -0.3 is 14.8 Å². The third kappa shape index (κ3) is 1.09. The van der Waals surface area contributed by atoms with E-state index in [9.17, 15) is 0 Å². The quantitative estimate of drug-likeness (QED) is 0.555. The van der Waals surface area contributed by atoms with Gasteiger partial charge in [0.1, 0.15) is 6.73 Å². The standard InChI is InChI=1S/C5H8N2O2/c8-2-5-1-6-3-7(5)4-9/h1,3,8-9H,2,4H2. The Hall–Kier alpha value is -0.870. The molecule has 0 aliphatic carbocycles. The van der Waals surface area contributed by atoms with E-state index in [0.717, 1.165) is 0 Å². The monoisotopic (exact) mass is 128 g/mol. The Kier molecular flexibility index (Phi) is 1.81. The molecule has 50 valence electrons. The fraction of sp³-hybridized carbons (Fsp3) is 0.400. The van der Waals surface area contributed by atoms with E-state index in [4.69, 9.17) is 10.2 Å². The van der Waals surface area contributed by atoms with Crippen LogP contribution < -0.4 is 0 Å². The van der Waals surface area contributed by atoms with Gasteiger partial charge in [-0.05, 0) is 0 Å². The van der Waals surface area contributed by atoms with E-state index in [0.29, 0.717) is 5.69 Å². The number of aromatic nitrogens is 2. The Bertz CT molecular complexity index is 166. The molecule has 0 unspecified atom stereocenters. The molecule has 1 aromatic rings. The number of aliphatic hydroxyl groups is 2. The van der Waals surface area contributed by atoms with Crippen molar-refractivity contribution in [2.75, 3.05) is 0 Å². The minimum Gasteiger partial charge on any atom is -0.390 e.